The van der Waals surface area contributed by atoms with E-state index >= 15 is 0 Å². The molecule has 2 heterocycles. The second kappa shape index (κ2) is 8.69. The number of aromatic nitrogens is 1. The number of rotatable bonds is 5. The van der Waals surface area contributed by atoms with Crippen LogP contribution in [0.4, 0.5) is 5.69 Å². The lowest BCUT2D eigenvalue weighted by Crippen LogP contribution is -2.49. The van der Waals surface area contributed by atoms with Crippen LogP contribution in [0.2, 0.25) is 5.02 Å². The lowest BCUT2D eigenvalue weighted by atomic mass is 10.2. The van der Waals surface area contributed by atoms with Crippen molar-refractivity contribution in [2.24, 2.45) is 0 Å². The number of anilines is 1. The largest absolute Gasteiger partial charge is 0.462 e. The highest BCUT2D eigenvalue weighted by Crippen LogP contribution is 2.26. The number of benzene rings is 1. The number of carbonyl (C=O) groups is 2. The van der Waals surface area contributed by atoms with Crippen LogP contribution in [0.5, 0.6) is 0 Å². The maximum Gasteiger partial charge on any atom is 0.339 e. The van der Waals surface area contributed by atoms with Crippen molar-refractivity contribution < 1.29 is 14.3 Å². The fourth-order valence-corrected chi connectivity index (χ4v) is 3.86. The van der Waals surface area contributed by atoms with E-state index in [0.717, 1.165) is 35.2 Å². The first-order valence-electron chi connectivity index (χ1n) is 9.53. The molecule has 1 aromatic carbocycles. The molecule has 1 aromatic heterocycles. The van der Waals surface area contributed by atoms with Crippen molar-refractivity contribution in [2.75, 3.05) is 37.7 Å². The number of amides is 1. The Bertz CT molecular complexity index is 870. The molecule has 0 atom stereocenters. The average molecular weight is 404 g/mol. The number of ether oxygens (including phenoxy) is 1. The highest BCUT2D eigenvalue weighted by molar-refractivity contribution is 6.33. The van der Waals surface area contributed by atoms with E-state index < -0.39 is 0 Å². The number of esters is 1. The fourth-order valence-electron chi connectivity index (χ4n) is 3.60. The number of hydrogen-bond acceptors (Lipinski definition) is 4. The first-order valence-corrected chi connectivity index (χ1v) is 9.91. The molecule has 7 heteroatoms. The van der Waals surface area contributed by atoms with Gasteiger partial charge in [0.1, 0.15) is 6.54 Å². The van der Waals surface area contributed by atoms with Crippen LogP contribution in [0.1, 0.15) is 28.7 Å². The van der Waals surface area contributed by atoms with Gasteiger partial charge in [-0.25, -0.2) is 4.79 Å². The van der Waals surface area contributed by atoms with Crippen LogP contribution in [-0.2, 0) is 16.1 Å². The Morgan fingerprint density at radius 3 is 2.43 bits per heavy atom. The molecule has 28 heavy (non-hydrogen) atoms. The monoisotopic (exact) mass is 403 g/mol. The molecule has 1 amide bonds. The predicted octanol–water partition coefficient (Wildman–Crippen LogP) is 3.28. The first kappa shape index (κ1) is 20.3. The summed E-state index contributed by atoms with van der Waals surface area (Å²) in [6.45, 7) is 8.87. The van der Waals surface area contributed by atoms with Gasteiger partial charge in [0.2, 0.25) is 5.91 Å². The Hall–Kier alpha value is -2.47. The molecular weight excluding hydrogens is 378 g/mol. The van der Waals surface area contributed by atoms with E-state index in [-0.39, 0.29) is 18.4 Å². The molecule has 150 valence electrons. The smallest absolute Gasteiger partial charge is 0.339 e. The molecule has 0 spiro atoms. The lowest BCUT2D eigenvalue weighted by Gasteiger charge is -2.36. The van der Waals surface area contributed by atoms with E-state index in [9.17, 15) is 9.59 Å². The Morgan fingerprint density at radius 2 is 1.79 bits per heavy atom. The van der Waals surface area contributed by atoms with Crippen molar-refractivity contribution in [3.8, 4) is 0 Å². The first-order chi connectivity index (χ1) is 13.4. The number of nitrogens with zero attached hydrogens (tertiary/aromatic N) is 3. The summed E-state index contributed by atoms with van der Waals surface area (Å²) in [6.07, 6.45) is 0. The minimum absolute atomic E-state index is 0.0519. The van der Waals surface area contributed by atoms with Gasteiger partial charge in [-0.05, 0) is 39.0 Å². The van der Waals surface area contributed by atoms with Crippen LogP contribution in [0.3, 0.4) is 0 Å². The van der Waals surface area contributed by atoms with E-state index in [2.05, 4.69) is 4.90 Å². The second-order valence-corrected chi connectivity index (χ2v) is 7.32. The van der Waals surface area contributed by atoms with E-state index in [1.165, 1.54) is 0 Å². The van der Waals surface area contributed by atoms with E-state index in [4.69, 9.17) is 16.3 Å². The van der Waals surface area contributed by atoms with Gasteiger partial charge in [0.05, 0.1) is 22.9 Å². The van der Waals surface area contributed by atoms with Gasteiger partial charge >= 0.3 is 5.97 Å². The second-order valence-electron chi connectivity index (χ2n) is 6.91. The number of halogens is 1. The van der Waals surface area contributed by atoms with Gasteiger partial charge in [0, 0.05) is 37.6 Å². The summed E-state index contributed by atoms with van der Waals surface area (Å²) < 4.78 is 6.98. The third-order valence-corrected chi connectivity index (χ3v) is 5.51. The van der Waals surface area contributed by atoms with Crippen LogP contribution in [0.25, 0.3) is 0 Å². The third kappa shape index (κ3) is 4.17. The van der Waals surface area contributed by atoms with Crippen molar-refractivity contribution in [2.45, 2.75) is 27.3 Å². The summed E-state index contributed by atoms with van der Waals surface area (Å²) in [5.41, 5.74) is 3.17. The molecule has 1 fully saturated rings. The van der Waals surface area contributed by atoms with Crippen LogP contribution in [-0.4, -0.2) is 54.1 Å². The lowest BCUT2D eigenvalue weighted by molar-refractivity contribution is -0.132. The quantitative estimate of drug-likeness (QED) is 0.719. The summed E-state index contributed by atoms with van der Waals surface area (Å²) in [7, 11) is 0. The van der Waals surface area contributed by atoms with Gasteiger partial charge in [0.25, 0.3) is 0 Å². The zero-order valence-electron chi connectivity index (χ0n) is 16.6. The van der Waals surface area contributed by atoms with Crippen LogP contribution in [0, 0.1) is 13.8 Å². The number of hydrogen-bond donors (Lipinski definition) is 0. The number of piperazine rings is 1. The SMILES string of the molecule is CCOC(=O)c1cc(C)n(CC(=O)N2CCN(c3ccccc3Cl)CC2)c1C. The molecule has 6 nitrogen and oxygen atoms in total. The Kier molecular flexibility index (Phi) is 6.29. The van der Waals surface area contributed by atoms with E-state index in [1.54, 1.807) is 13.0 Å². The molecule has 1 aliphatic rings. The molecule has 0 radical (unpaired) electrons. The van der Waals surface area contributed by atoms with Gasteiger partial charge in [-0.3, -0.25) is 4.79 Å². The van der Waals surface area contributed by atoms with Crippen molar-refractivity contribution in [3.63, 3.8) is 0 Å². The third-order valence-electron chi connectivity index (χ3n) is 5.19. The molecule has 0 aliphatic carbocycles. The minimum Gasteiger partial charge on any atom is -0.462 e. The van der Waals surface area contributed by atoms with Gasteiger partial charge in [-0.1, -0.05) is 23.7 Å². The van der Waals surface area contributed by atoms with Gasteiger partial charge in [0.15, 0.2) is 0 Å². The average Bonchev–Trinajstić information content (AvgIpc) is 2.97. The van der Waals surface area contributed by atoms with Crippen LogP contribution in [0.15, 0.2) is 30.3 Å². The fraction of sp³-hybridized carbons (Fsp3) is 0.429. The van der Waals surface area contributed by atoms with Gasteiger partial charge < -0.3 is 19.1 Å². The topological polar surface area (TPSA) is 54.8 Å². The highest BCUT2D eigenvalue weighted by atomic mass is 35.5. The predicted molar refractivity (Wildman–Crippen MR) is 110 cm³/mol. The standard InChI is InChI=1S/C21H26ClN3O3/c1-4-28-21(27)17-13-15(2)25(16(17)3)14-20(26)24-11-9-23(10-12-24)19-8-6-5-7-18(19)22/h5-8,13H,4,9-12,14H2,1-3H3. The zero-order valence-corrected chi connectivity index (χ0v) is 17.3. The normalized spacial score (nSPS) is 14.3. The van der Waals surface area contributed by atoms with Crippen LogP contribution >= 0.6 is 11.6 Å². The summed E-state index contributed by atoms with van der Waals surface area (Å²) in [4.78, 5) is 29.0. The number of carbonyl (C=O) groups excluding carboxylic acids is 2. The molecule has 0 bridgehead atoms. The molecule has 0 saturated carbocycles. The Labute approximate surface area is 170 Å². The van der Waals surface area contributed by atoms with Crippen LogP contribution < -0.4 is 4.90 Å². The summed E-state index contributed by atoms with van der Waals surface area (Å²) in [6, 6.07) is 9.56. The zero-order chi connectivity index (χ0) is 20.3. The minimum atomic E-state index is -0.345. The molecule has 1 aliphatic heterocycles. The van der Waals surface area contributed by atoms with Crippen molar-refractivity contribution in [1.82, 2.24) is 9.47 Å². The van der Waals surface area contributed by atoms with Crippen molar-refractivity contribution in [1.29, 1.82) is 0 Å². The summed E-state index contributed by atoms with van der Waals surface area (Å²) in [5.74, 6) is -0.293. The molecule has 3 rings (SSSR count). The highest BCUT2D eigenvalue weighted by Gasteiger charge is 2.24. The molecule has 0 N–H and O–H groups in total. The van der Waals surface area contributed by atoms with Gasteiger partial charge in [-0.2, -0.15) is 0 Å². The molecule has 0 unspecified atom stereocenters. The van der Waals surface area contributed by atoms with E-state index in [1.807, 2.05) is 47.6 Å². The molecule has 2 aromatic rings. The van der Waals surface area contributed by atoms with Crippen molar-refractivity contribution >= 4 is 29.2 Å². The number of para-hydroxylation sites is 1. The number of aryl methyl sites for hydroxylation is 1. The maximum atomic E-state index is 12.8. The van der Waals surface area contributed by atoms with Crippen molar-refractivity contribution in [3.05, 3.63) is 52.3 Å². The Balaban J connectivity index is 1.64. The van der Waals surface area contributed by atoms with Gasteiger partial charge in [-0.15, -0.1) is 0 Å². The molecular formula is C21H26ClN3O3. The Morgan fingerprint density at radius 1 is 1.11 bits per heavy atom. The summed E-state index contributed by atoms with van der Waals surface area (Å²) in [5, 5.41) is 0.729. The summed E-state index contributed by atoms with van der Waals surface area (Å²) >= 11 is 6.29. The van der Waals surface area contributed by atoms with E-state index in [0.29, 0.717) is 25.3 Å². The molecule has 1 saturated heterocycles. The maximum absolute atomic E-state index is 12.8.